The molecule has 0 radical (unpaired) electrons. The number of nitrogens with one attached hydrogen (secondary N) is 1. The van der Waals surface area contributed by atoms with Crippen molar-refractivity contribution >= 4 is 35.3 Å². The number of hydrogen-bond acceptors (Lipinski definition) is 3. The van der Waals surface area contributed by atoms with Gasteiger partial charge in [-0.25, -0.2) is 9.59 Å². The first-order chi connectivity index (χ1) is 15.0. The van der Waals surface area contributed by atoms with Crippen molar-refractivity contribution in [3.63, 3.8) is 0 Å². The highest BCUT2D eigenvalue weighted by Crippen LogP contribution is 2.46. The van der Waals surface area contributed by atoms with Gasteiger partial charge >= 0.3 is 12.1 Å². The number of rotatable bonds is 3. The van der Waals surface area contributed by atoms with Crippen LogP contribution in [0.2, 0.25) is 5.02 Å². The summed E-state index contributed by atoms with van der Waals surface area (Å²) in [5.74, 6) is -0.0158. The van der Waals surface area contributed by atoms with Crippen LogP contribution >= 0.6 is 11.6 Å². The molecule has 3 aliphatic rings. The smallest absolute Gasteiger partial charge is 0.320 e. The fourth-order valence-electron chi connectivity index (χ4n) is 4.61. The van der Waals surface area contributed by atoms with Gasteiger partial charge in [-0.2, -0.15) is 0 Å². The number of amides is 5. The van der Waals surface area contributed by atoms with Crippen LogP contribution in [-0.4, -0.2) is 64.4 Å². The Hall–Kier alpha value is -3.06. The summed E-state index contributed by atoms with van der Waals surface area (Å²) in [5.41, 5.74) is 2.57. The van der Waals surface area contributed by atoms with Crippen LogP contribution in [0.5, 0.6) is 0 Å². The number of imide groups is 1. The number of carbonyl (C=O) groups excluding carboxylic acids is 3. The van der Waals surface area contributed by atoms with Crippen molar-refractivity contribution in [1.82, 2.24) is 14.7 Å². The molecular weight excluding hydrogens is 416 g/mol. The highest BCUT2D eigenvalue weighted by molar-refractivity contribution is 6.33. The molecule has 3 fully saturated rings. The molecule has 2 aromatic rings. The van der Waals surface area contributed by atoms with E-state index in [4.69, 9.17) is 11.6 Å². The topological polar surface area (TPSA) is 73.0 Å². The third-order valence-electron chi connectivity index (χ3n) is 6.41. The summed E-state index contributed by atoms with van der Waals surface area (Å²) >= 11 is 6.22. The highest BCUT2D eigenvalue weighted by atomic mass is 35.5. The maximum atomic E-state index is 13.1. The summed E-state index contributed by atoms with van der Waals surface area (Å²) in [5, 5.41) is 3.32. The van der Waals surface area contributed by atoms with E-state index in [9.17, 15) is 14.4 Å². The van der Waals surface area contributed by atoms with E-state index >= 15 is 0 Å². The first-order valence-corrected chi connectivity index (χ1v) is 10.8. The average Bonchev–Trinajstić information content (AvgIpc) is 3.52. The third kappa shape index (κ3) is 3.43. The standard InChI is InChI=1S/C23H23ClN4O3/c1-14-6-5-9-17(24)20(14)25-22(30)26-10-11-27-19(13-26)21(29)28(23(27)31)18-12-16(18)15-7-3-2-4-8-15/h2-9,16,18-19H,10-13H2,1H3,(H,25,30)/t16-,18+,19?/m1/s1. The van der Waals surface area contributed by atoms with Gasteiger partial charge in [-0.1, -0.05) is 54.1 Å². The van der Waals surface area contributed by atoms with Gasteiger partial charge in [-0.05, 0) is 30.5 Å². The number of anilines is 1. The Morgan fingerprint density at radius 3 is 2.58 bits per heavy atom. The number of piperazine rings is 1. The van der Waals surface area contributed by atoms with Crippen molar-refractivity contribution in [3.05, 3.63) is 64.7 Å². The van der Waals surface area contributed by atoms with E-state index < -0.39 is 6.04 Å². The molecule has 1 N–H and O–H groups in total. The van der Waals surface area contributed by atoms with Crippen LogP contribution in [0.4, 0.5) is 15.3 Å². The van der Waals surface area contributed by atoms with Crippen LogP contribution in [0.1, 0.15) is 23.5 Å². The van der Waals surface area contributed by atoms with Crippen molar-refractivity contribution in [2.75, 3.05) is 25.0 Å². The van der Waals surface area contributed by atoms with E-state index in [2.05, 4.69) is 5.32 Å². The molecule has 160 valence electrons. The fourth-order valence-corrected chi connectivity index (χ4v) is 4.88. The second-order valence-corrected chi connectivity index (χ2v) is 8.74. The molecule has 1 saturated carbocycles. The molecular formula is C23H23ClN4O3. The molecule has 0 bridgehead atoms. The number of fused-ring (bicyclic) bond motifs is 1. The van der Waals surface area contributed by atoms with Crippen LogP contribution in [0.3, 0.4) is 0 Å². The van der Waals surface area contributed by atoms with Crippen molar-refractivity contribution in [3.8, 4) is 0 Å². The molecule has 1 aliphatic carbocycles. The van der Waals surface area contributed by atoms with E-state index in [-0.39, 0.29) is 36.5 Å². The Bertz CT molecular complexity index is 1040. The maximum absolute atomic E-state index is 13.1. The van der Waals surface area contributed by atoms with Gasteiger partial charge in [0.05, 0.1) is 17.3 Å². The molecule has 2 saturated heterocycles. The Labute approximate surface area is 185 Å². The Morgan fingerprint density at radius 1 is 1.06 bits per heavy atom. The minimum Gasteiger partial charge on any atom is -0.320 e. The second kappa shape index (κ2) is 7.57. The molecule has 2 aromatic carbocycles. The molecule has 0 aromatic heterocycles. The zero-order chi connectivity index (χ0) is 21.7. The zero-order valence-electron chi connectivity index (χ0n) is 17.1. The highest BCUT2D eigenvalue weighted by Gasteiger charge is 2.56. The largest absolute Gasteiger partial charge is 0.327 e. The second-order valence-electron chi connectivity index (χ2n) is 8.33. The van der Waals surface area contributed by atoms with Gasteiger partial charge in [-0.15, -0.1) is 0 Å². The molecule has 31 heavy (non-hydrogen) atoms. The fraction of sp³-hybridized carbons (Fsp3) is 0.348. The first kappa shape index (κ1) is 19.9. The summed E-state index contributed by atoms with van der Waals surface area (Å²) in [6.45, 7) is 2.75. The molecule has 0 spiro atoms. The summed E-state index contributed by atoms with van der Waals surface area (Å²) in [6.07, 6.45) is 0.790. The third-order valence-corrected chi connectivity index (χ3v) is 6.73. The number of para-hydroxylation sites is 1. The molecule has 2 heterocycles. The molecule has 5 amide bonds. The maximum Gasteiger partial charge on any atom is 0.327 e. The molecule has 2 aliphatic heterocycles. The van der Waals surface area contributed by atoms with Gasteiger partial charge in [0.15, 0.2) is 0 Å². The van der Waals surface area contributed by atoms with Crippen LogP contribution < -0.4 is 5.32 Å². The van der Waals surface area contributed by atoms with Gasteiger partial charge in [0.1, 0.15) is 6.04 Å². The summed E-state index contributed by atoms with van der Waals surface area (Å²) in [4.78, 5) is 43.5. The van der Waals surface area contributed by atoms with Gasteiger partial charge in [0.2, 0.25) is 0 Å². The van der Waals surface area contributed by atoms with Crippen molar-refractivity contribution in [2.45, 2.75) is 31.3 Å². The Kier molecular flexibility index (Phi) is 4.85. The van der Waals surface area contributed by atoms with Crippen molar-refractivity contribution < 1.29 is 14.4 Å². The average molecular weight is 439 g/mol. The minimum absolute atomic E-state index is 0.0962. The van der Waals surface area contributed by atoms with Crippen molar-refractivity contribution in [2.24, 2.45) is 0 Å². The monoisotopic (exact) mass is 438 g/mol. The number of halogens is 1. The Morgan fingerprint density at radius 2 is 1.84 bits per heavy atom. The lowest BCUT2D eigenvalue weighted by Crippen LogP contribution is -2.55. The van der Waals surface area contributed by atoms with E-state index in [0.717, 1.165) is 17.5 Å². The number of carbonyl (C=O) groups is 3. The molecule has 7 nitrogen and oxygen atoms in total. The van der Waals surface area contributed by atoms with Crippen LogP contribution in [0.15, 0.2) is 48.5 Å². The molecule has 1 unspecified atom stereocenters. The quantitative estimate of drug-likeness (QED) is 0.743. The normalized spacial score (nSPS) is 25.0. The lowest BCUT2D eigenvalue weighted by molar-refractivity contribution is -0.129. The predicted molar refractivity (Wildman–Crippen MR) is 117 cm³/mol. The van der Waals surface area contributed by atoms with Crippen LogP contribution in [0.25, 0.3) is 0 Å². The van der Waals surface area contributed by atoms with E-state index in [1.165, 1.54) is 4.90 Å². The number of benzene rings is 2. The number of hydrogen-bond donors (Lipinski definition) is 1. The van der Waals surface area contributed by atoms with Gasteiger partial charge in [-0.3, -0.25) is 9.69 Å². The van der Waals surface area contributed by atoms with Gasteiger partial charge in [0.25, 0.3) is 5.91 Å². The van der Waals surface area contributed by atoms with E-state index in [0.29, 0.717) is 23.8 Å². The summed E-state index contributed by atoms with van der Waals surface area (Å²) in [6, 6.07) is 14.1. The number of urea groups is 2. The van der Waals surface area contributed by atoms with Crippen LogP contribution in [-0.2, 0) is 4.79 Å². The zero-order valence-corrected chi connectivity index (χ0v) is 17.9. The molecule has 5 rings (SSSR count). The van der Waals surface area contributed by atoms with E-state index in [1.807, 2.05) is 49.4 Å². The predicted octanol–water partition coefficient (Wildman–Crippen LogP) is 3.68. The van der Waals surface area contributed by atoms with Gasteiger partial charge < -0.3 is 15.1 Å². The SMILES string of the molecule is Cc1cccc(Cl)c1NC(=O)N1CCN2C(=O)N([C@H]3C[C@@H]3c3ccccc3)C(=O)C2C1. The number of nitrogens with zero attached hydrogens (tertiary/aromatic N) is 3. The first-order valence-electron chi connectivity index (χ1n) is 10.5. The number of aryl methyl sites for hydroxylation is 1. The Balaban J connectivity index is 1.28. The lowest BCUT2D eigenvalue weighted by Gasteiger charge is -2.35. The van der Waals surface area contributed by atoms with Crippen molar-refractivity contribution in [1.29, 1.82) is 0 Å². The lowest BCUT2D eigenvalue weighted by atomic mass is 10.1. The van der Waals surface area contributed by atoms with Crippen LogP contribution in [0, 0.1) is 6.92 Å². The van der Waals surface area contributed by atoms with Gasteiger partial charge in [0, 0.05) is 25.0 Å². The summed E-state index contributed by atoms with van der Waals surface area (Å²) < 4.78 is 0. The summed E-state index contributed by atoms with van der Waals surface area (Å²) in [7, 11) is 0. The van der Waals surface area contributed by atoms with E-state index in [1.54, 1.807) is 15.9 Å². The minimum atomic E-state index is -0.628. The molecule has 8 heteroatoms. The molecule has 3 atom stereocenters.